The van der Waals surface area contributed by atoms with E-state index in [1.807, 2.05) is 6.92 Å². The van der Waals surface area contributed by atoms with E-state index < -0.39 is 0 Å². The smallest absolute Gasteiger partial charge is 0.194 e. The molecule has 0 saturated carbocycles. The van der Waals surface area contributed by atoms with Gasteiger partial charge in [0.25, 0.3) is 0 Å². The predicted molar refractivity (Wildman–Crippen MR) is 76.1 cm³/mol. The second kappa shape index (κ2) is 5.31. The molecule has 0 bridgehead atoms. The van der Waals surface area contributed by atoms with Crippen LogP contribution in [0.25, 0.3) is 0 Å². The van der Waals surface area contributed by atoms with E-state index in [0.29, 0.717) is 21.2 Å². The maximum atomic E-state index is 12.3. The molecule has 0 aliphatic carbocycles. The minimum absolute atomic E-state index is 0.187. The van der Waals surface area contributed by atoms with Crippen molar-refractivity contribution in [3.8, 4) is 0 Å². The Morgan fingerprint density at radius 2 is 1.78 bits per heavy atom. The summed E-state index contributed by atoms with van der Waals surface area (Å²) in [5, 5.41) is 1.15. The minimum Gasteiger partial charge on any atom is -0.289 e. The highest BCUT2D eigenvalue weighted by Gasteiger charge is 2.15. The lowest BCUT2D eigenvalue weighted by atomic mass is 10.0. The van der Waals surface area contributed by atoms with Crippen molar-refractivity contribution in [3.05, 3.63) is 68.2 Å². The molecule has 18 heavy (non-hydrogen) atoms. The molecule has 4 heteroatoms. The fourth-order valence-corrected chi connectivity index (χ4v) is 2.38. The first-order chi connectivity index (χ1) is 8.49. The average Bonchev–Trinajstić information content (AvgIpc) is 2.30. The first-order valence-corrected chi connectivity index (χ1v) is 6.38. The zero-order chi connectivity index (χ0) is 13.3. The molecule has 0 amide bonds. The van der Waals surface area contributed by atoms with Crippen LogP contribution in [0.1, 0.15) is 21.5 Å². The number of carbonyl (C=O) groups excluding carboxylic acids is 1. The standard InChI is InChI=1S/C14H9Cl3O/c1-8-5-9(7-10(15)6-8)14(18)11-3-2-4-12(16)13(11)17/h2-7H,1H3. The van der Waals surface area contributed by atoms with Crippen molar-refractivity contribution in [2.75, 3.05) is 0 Å². The van der Waals surface area contributed by atoms with Crippen LogP contribution in [0, 0.1) is 6.92 Å². The molecule has 2 rings (SSSR count). The molecule has 0 saturated heterocycles. The van der Waals surface area contributed by atoms with Gasteiger partial charge in [-0.3, -0.25) is 4.79 Å². The van der Waals surface area contributed by atoms with E-state index in [2.05, 4.69) is 0 Å². The summed E-state index contributed by atoms with van der Waals surface area (Å²) >= 11 is 17.9. The number of benzene rings is 2. The maximum Gasteiger partial charge on any atom is 0.194 e. The van der Waals surface area contributed by atoms with Gasteiger partial charge in [0, 0.05) is 16.1 Å². The van der Waals surface area contributed by atoms with Crippen molar-refractivity contribution >= 4 is 40.6 Å². The highest BCUT2D eigenvalue weighted by Crippen LogP contribution is 2.28. The Kier molecular flexibility index (Phi) is 3.96. The van der Waals surface area contributed by atoms with Crippen LogP contribution in [0.5, 0.6) is 0 Å². The van der Waals surface area contributed by atoms with Crippen molar-refractivity contribution in [3.63, 3.8) is 0 Å². The molecule has 2 aromatic rings. The second-order valence-electron chi connectivity index (χ2n) is 3.95. The Labute approximate surface area is 120 Å². The number of hydrogen-bond donors (Lipinski definition) is 0. The molecule has 0 unspecified atom stereocenters. The SMILES string of the molecule is Cc1cc(Cl)cc(C(=O)c2cccc(Cl)c2Cl)c1. The number of carbonyl (C=O) groups is 1. The highest BCUT2D eigenvalue weighted by atomic mass is 35.5. The number of halogens is 3. The first kappa shape index (κ1) is 13.4. The topological polar surface area (TPSA) is 17.1 Å². The van der Waals surface area contributed by atoms with E-state index in [9.17, 15) is 4.79 Å². The molecular formula is C14H9Cl3O. The van der Waals surface area contributed by atoms with Gasteiger partial charge in [0.05, 0.1) is 10.0 Å². The molecule has 0 aromatic heterocycles. The zero-order valence-electron chi connectivity index (χ0n) is 9.51. The van der Waals surface area contributed by atoms with E-state index >= 15 is 0 Å². The van der Waals surface area contributed by atoms with Gasteiger partial charge >= 0.3 is 0 Å². The summed E-state index contributed by atoms with van der Waals surface area (Å²) < 4.78 is 0. The van der Waals surface area contributed by atoms with Gasteiger partial charge in [0.1, 0.15) is 0 Å². The molecule has 0 N–H and O–H groups in total. The van der Waals surface area contributed by atoms with Crippen molar-refractivity contribution in [1.29, 1.82) is 0 Å². The molecule has 0 radical (unpaired) electrons. The summed E-state index contributed by atoms with van der Waals surface area (Å²) in [4.78, 5) is 12.3. The van der Waals surface area contributed by atoms with E-state index in [1.54, 1.807) is 36.4 Å². The summed E-state index contributed by atoms with van der Waals surface area (Å²) in [6, 6.07) is 10.2. The normalized spacial score (nSPS) is 10.4. The molecule has 2 aromatic carbocycles. The van der Waals surface area contributed by atoms with Crippen LogP contribution in [0.2, 0.25) is 15.1 Å². The molecule has 0 fully saturated rings. The van der Waals surface area contributed by atoms with E-state index in [0.717, 1.165) is 5.56 Å². The van der Waals surface area contributed by atoms with Crippen LogP contribution >= 0.6 is 34.8 Å². The molecule has 1 nitrogen and oxygen atoms in total. The fourth-order valence-electron chi connectivity index (χ4n) is 1.70. The van der Waals surface area contributed by atoms with Crippen LogP contribution < -0.4 is 0 Å². The minimum atomic E-state index is -0.187. The van der Waals surface area contributed by atoms with Crippen molar-refractivity contribution in [2.45, 2.75) is 6.92 Å². The first-order valence-electron chi connectivity index (χ1n) is 5.25. The zero-order valence-corrected chi connectivity index (χ0v) is 11.8. The fraction of sp³-hybridized carbons (Fsp3) is 0.0714. The summed E-state index contributed by atoms with van der Waals surface area (Å²) in [6.45, 7) is 1.88. The van der Waals surface area contributed by atoms with Crippen LogP contribution in [-0.4, -0.2) is 5.78 Å². The third-order valence-electron chi connectivity index (χ3n) is 2.50. The molecule has 0 spiro atoms. The van der Waals surface area contributed by atoms with Crippen LogP contribution in [-0.2, 0) is 0 Å². The predicted octanol–water partition coefficient (Wildman–Crippen LogP) is 5.19. The summed E-state index contributed by atoms with van der Waals surface area (Å²) in [5.74, 6) is -0.187. The Balaban J connectivity index is 2.51. The molecule has 0 heterocycles. The highest BCUT2D eigenvalue weighted by molar-refractivity contribution is 6.44. The summed E-state index contributed by atoms with van der Waals surface area (Å²) in [5.41, 5.74) is 1.80. The lowest BCUT2D eigenvalue weighted by Crippen LogP contribution is -2.02. The number of rotatable bonds is 2. The van der Waals surface area contributed by atoms with Gasteiger partial charge in [0.15, 0.2) is 5.78 Å². The van der Waals surface area contributed by atoms with Gasteiger partial charge in [-0.15, -0.1) is 0 Å². The van der Waals surface area contributed by atoms with Gasteiger partial charge in [0.2, 0.25) is 0 Å². The number of hydrogen-bond acceptors (Lipinski definition) is 1. The van der Waals surface area contributed by atoms with Crippen molar-refractivity contribution in [2.24, 2.45) is 0 Å². The second-order valence-corrected chi connectivity index (χ2v) is 5.17. The maximum absolute atomic E-state index is 12.3. The number of aryl methyl sites for hydroxylation is 1. The van der Waals surface area contributed by atoms with Crippen LogP contribution in [0.4, 0.5) is 0 Å². The van der Waals surface area contributed by atoms with Crippen LogP contribution in [0.15, 0.2) is 36.4 Å². The van der Waals surface area contributed by atoms with E-state index in [1.165, 1.54) is 0 Å². The van der Waals surface area contributed by atoms with Gasteiger partial charge in [-0.25, -0.2) is 0 Å². The third kappa shape index (κ3) is 2.69. The summed E-state index contributed by atoms with van der Waals surface area (Å²) in [6.07, 6.45) is 0. The molecular weight excluding hydrogens is 291 g/mol. The van der Waals surface area contributed by atoms with Gasteiger partial charge < -0.3 is 0 Å². The molecule has 92 valence electrons. The summed E-state index contributed by atoms with van der Waals surface area (Å²) in [7, 11) is 0. The van der Waals surface area contributed by atoms with Gasteiger partial charge in [-0.1, -0.05) is 40.9 Å². The third-order valence-corrected chi connectivity index (χ3v) is 3.54. The Bertz CT molecular complexity index is 600. The Hall–Kier alpha value is -1.02. The van der Waals surface area contributed by atoms with E-state index in [-0.39, 0.29) is 10.8 Å². The van der Waals surface area contributed by atoms with Crippen molar-refractivity contribution < 1.29 is 4.79 Å². The van der Waals surface area contributed by atoms with E-state index in [4.69, 9.17) is 34.8 Å². The van der Waals surface area contributed by atoms with Crippen LogP contribution in [0.3, 0.4) is 0 Å². The quantitative estimate of drug-likeness (QED) is 0.698. The largest absolute Gasteiger partial charge is 0.289 e. The lowest BCUT2D eigenvalue weighted by molar-refractivity contribution is 0.103. The van der Waals surface area contributed by atoms with Crippen molar-refractivity contribution in [1.82, 2.24) is 0 Å². The van der Waals surface area contributed by atoms with Gasteiger partial charge in [-0.05, 0) is 42.8 Å². The monoisotopic (exact) mass is 298 g/mol. The number of ketones is 1. The lowest BCUT2D eigenvalue weighted by Gasteiger charge is -2.06. The Morgan fingerprint density at radius 3 is 2.44 bits per heavy atom. The molecule has 0 atom stereocenters. The molecule has 0 aliphatic heterocycles. The average molecular weight is 300 g/mol. The Morgan fingerprint density at radius 1 is 1.06 bits per heavy atom. The molecule has 0 aliphatic rings. The van der Waals surface area contributed by atoms with Gasteiger partial charge in [-0.2, -0.15) is 0 Å².